The number of hydrogen-bond acceptors (Lipinski definition) is 6. The van der Waals surface area contributed by atoms with E-state index in [2.05, 4.69) is 19.7 Å². The molecule has 11 heteroatoms. The molecular weight excluding hydrogens is 457 g/mol. The fourth-order valence-electron chi connectivity index (χ4n) is 3.13. The van der Waals surface area contributed by atoms with Gasteiger partial charge in [0.1, 0.15) is 12.1 Å². The van der Waals surface area contributed by atoms with Gasteiger partial charge < -0.3 is 0 Å². The second kappa shape index (κ2) is 8.64. The SMILES string of the molecule is CCCS(=O)(=O)Nc1ccc(F)c(C(=O)c2ccc3ncc(-n4ccnc4)nc3c2)c1Cl. The molecule has 4 rings (SSSR count). The van der Waals surface area contributed by atoms with Crippen LogP contribution in [-0.2, 0) is 10.0 Å². The highest BCUT2D eigenvalue weighted by Gasteiger charge is 2.23. The van der Waals surface area contributed by atoms with E-state index in [0.29, 0.717) is 23.3 Å². The smallest absolute Gasteiger partial charge is 0.232 e. The van der Waals surface area contributed by atoms with Gasteiger partial charge in [0.15, 0.2) is 11.6 Å². The van der Waals surface area contributed by atoms with E-state index in [1.54, 1.807) is 42.5 Å². The molecular formula is C21H17ClFN5O3S. The van der Waals surface area contributed by atoms with E-state index in [1.165, 1.54) is 18.2 Å². The van der Waals surface area contributed by atoms with Crippen molar-refractivity contribution in [2.75, 3.05) is 10.5 Å². The molecule has 0 amide bonds. The summed E-state index contributed by atoms with van der Waals surface area (Å²) in [6.07, 6.45) is 6.81. The lowest BCUT2D eigenvalue weighted by Gasteiger charge is -2.13. The summed E-state index contributed by atoms with van der Waals surface area (Å²) >= 11 is 6.25. The van der Waals surface area contributed by atoms with Gasteiger partial charge in [0.25, 0.3) is 0 Å². The minimum absolute atomic E-state index is 0.0622. The third-order valence-electron chi connectivity index (χ3n) is 4.62. The van der Waals surface area contributed by atoms with Crippen LogP contribution in [0.4, 0.5) is 10.1 Å². The molecule has 2 aromatic heterocycles. The zero-order chi connectivity index (χ0) is 22.9. The standard InChI is InChI=1S/C21H17ClFN5O3S/c1-2-9-32(30,31)27-16-6-4-14(23)19(20(16)22)21(29)13-3-5-15-17(10-13)26-18(11-25-15)28-8-7-24-12-28/h3-8,10-12,27H,2,9H2,1H3. The van der Waals surface area contributed by atoms with Gasteiger partial charge in [0, 0.05) is 18.0 Å². The molecule has 0 saturated carbocycles. The summed E-state index contributed by atoms with van der Waals surface area (Å²) < 4.78 is 42.7. The fraction of sp³-hybridized carbons (Fsp3) is 0.143. The number of nitrogens with one attached hydrogen (secondary N) is 1. The Morgan fingerprint density at radius 2 is 2.03 bits per heavy atom. The number of benzene rings is 2. The van der Waals surface area contributed by atoms with Crippen molar-refractivity contribution in [1.82, 2.24) is 19.5 Å². The van der Waals surface area contributed by atoms with Crippen molar-refractivity contribution in [3.05, 3.63) is 77.2 Å². The first-order valence-corrected chi connectivity index (χ1v) is 11.6. The van der Waals surface area contributed by atoms with Crippen LogP contribution >= 0.6 is 11.6 Å². The molecule has 8 nitrogen and oxygen atoms in total. The van der Waals surface area contributed by atoms with Crippen LogP contribution in [-0.4, -0.2) is 39.5 Å². The number of nitrogens with zero attached hydrogens (tertiary/aromatic N) is 4. The Kier molecular flexibility index (Phi) is 5.90. The summed E-state index contributed by atoms with van der Waals surface area (Å²) in [7, 11) is -3.68. The Balaban J connectivity index is 1.74. The van der Waals surface area contributed by atoms with Crippen molar-refractivity contribution >= 4 is 44.1 Å². The molecule has 2 heterocycles. The molecule has 4 aromatic rings. The van der Waals surface area contributed by atoms with Crippen molar-refractivity contribution in [3.63, 3.8) is 0 Å². The topological polar surface area (TPSA) is 107 Å². The third kappa shape index (κ3) is 4.32. The molecule has 0 saturated heterocycles. The number of aromatic nitrogens is 4. The van der Waals surface area contributed by atoms with Gasteiger partial charge in [-0.05, 0) is 36.8 Å². The fourth-order valence-corrected chi connectivity index (χ4v) is 4.62. The third-order valence-corrected chi connectivity index (χ3v) is 6.49. The quantitative estimate of drug-likeness (QED) is 0.407. The Morgan fingerprint density at radius 1 is 1.22 bits per heavy atom. The van der Waals surface area contributed by atoms with Gasteiger partial charge in [-0.1, -0.05) is 18.5 Å². The van der Waals surface area contributed by atoms with E-state index >= 15 is 0 Å². The van der Waals surface area contributed by atoms with Gasteiger partial charge in [0.05, 0.1) is 39.3 Å². The maximum atomic E-state index is 14.6. The summed E-state index contributed by atoms with van der Waals surface area (Å²) in [4.78, 5) is 25.9. The highest BCUT2D eigenvalue weighted by Crippen LogP contribution is 2.31. The Labute approximate surface area is 188 Å². The van der Waals surface area contributed by atoms with Crippen LogP contribution in [0.3, 0.4) is 0 Å². The first-order valence-electron chi connectivity index (χ1n) is 9.57. The maximum absolute atomic E-state index is 14.6. The van der Waals surface area contributed by atoms with Crippen molar-refractivity contribution < 1.29 is 17.6 Å². The summed E-state index contributed by atoms with van der Waals surface area (Å²) in [6.45, 7) is 1.71. The number of hydrogen-bond donors (Lipinski definition) is 1. The molecule has 0 aliphatic carbocycles. The van der Waals surface area contributed by atoms with Crippen LogP contribution in [0.1, 0.15) is 29.3 Å². The molecule has 1 N–H and O–H groups in total. The Morgan fingerprint density at radius 3 is 2.75 bits per heavy atom. The van der Waals surface area contributed by atoms with Crippen LogP contribution in [0.25, 0.3) is 16.9 Å². The summed E-state index contributed by atoms with van der Waals surface area (Å²) in [5.74, 6) is -1.21. The number of carbonyl (C=O) groups is 1. The van der Waals surface area contributed by atoms with Crippen molar-refractivity contribution in [2.45, 2.75) is 13.3 Å². The first kappa shape index (κ1) is 21.8. The Bertz CT molecular complexity index is 1430. The van der Waals surface area contributed by atoms with Crippen molar-refractivity contribution in [1.29, 1.82) is 0 Å². The van der Waals surface area contributed by atoms with Crippen molar-refractivity contribution in [2.24, 2.45) is 0 Å². The second-order valence-corrected chi connectivity index (χ2v) is 9.16. The number of halogens is 2. The molecule has 32 heavy (non-hydrogen) atoms. The van der Waals surface area contributed by atoms with Crippen LogP contribution < -0.4 is 4.72 Å². The molecule has 0 atom stereocenters. The van der Waals surface area contributed by atoms with E-state index in [-0.39, 0.29) is 22.0 Å². The van der Waals surface area contributed by atoms with Gasteiger partial charge >= 0.3 is 0 Å². The largest absolute Gasteiger partial charge is 0.289 e. The van der Waals surface area contributed by atoms with Gasteiger partial charge in [-0.15, -0.1) is 0 Å². The molecule has 0 radical (unpaired) electrons. The Hall–Kier alpha value is -3.37. The molecule has 0 fully saturated rings. The number of imidazole rings is 1. The monoisotopic (exact) mass is 473 g/mol. The lowest BCUT2D eigenvalue weighted by Crippen LogP contribution is -2.17. The first-order chi connectivity index (χ1) is 15.3. The van der Waals surface area contributed by atoms with Gasteiger partial charge in [-0.2, -0.15) is 0 Å². The predicted octanol–water partition coefficient (Wildman–Crippen LogP) is 3.99. The van der Waals surface area contributed by atoms with E-state index < -0.39 is 27.2 Å². The second-order valence-electron chi connectivity index (χ2n) is 6.94. The van der Waals surface area contributed by atoms with E-state index in [1.807, 2.05) is 0 Å². The number of carbonyl (C=O) groups excluding carboxylic acids is 1. The van der Waals surface area contributed by atoms with E-state index in [0.717, 1.165) is 6.07 Å². The van der Waals surface area contributed by atoms with Crippen LogP contribution in [0, 0.1) is 5.82 Å². The average Bonchev–Trinajstić information content (AvgIpc) is 3.30. The van der Waals surface area contributed by atoms with Crippen LogP contribution in [0.15, 0.2) is 55.2 Å². The molecule has 0 spiro atoms. The zero-order valence-corrected chi connectivity index (χ0v) is 18.4. The number of anilines is 1. The lowest BCUT2D eigenvalue weighted by molar-refractivity contribution is 0.103. The van der Waals surface area contributed by atoms with Crippen molar-refractivity contribution in [3.8, 4) is 5.82 Å². The van der Waals surface area contributed by atoms with E-state index in [9.17, 15) is 17.6 Å². The molecule has 0 unspecified atom stereocenters. The number of sulfonamides is 1. The highest BCUT2D eigenvalue weighted by atomic mass is 35.5. The number of ketones is 1. The molecule has 164 valence electrons. The van der Waals surface area contributed by atoms with Gasteiger partial charge in [-0.3, -0.25) is 19.1 Å². The average molecular weight is 474 g/mol. The predicted molar refractivity (Wildman–Crippen MR) is 119 cm³/mol. The summed E-state index contributed by atoms with van der Waals surface area (Å²) in [5.41, 5.74) is 0.592. The summed E-state index contributed by atoms with van der Waals surface area (Å²) in [6, 6.07) is 6.74. The maximum Gasteiger partial charge on any atom is 0.232 e. The number of rotatable bonds is 7. The molecule has 0 aliphatic heterocycles. The van der Waals surface area contributed by atoms with Crippen LogP contribution in [0.2, 0.25) is 5.02 Å². The van der Waals surface area contributed by atoms with Crippen LogP contribution in [0.5, 0.6) is 0 Å². The van der Waals surface area contributed by atoms with Gasteiger partial charge in [-0.25, -0.2) is 22.8 Å². The normalized spacial score (nSPS) is 11.6. The van der Waals surface area contributed by atoms with E-state index in [4.69, 9.17) is 11.6 Å². The summed E-state index contributed by atoms with van der Waals surface area (Å²) in [5, 5.41) is -0.312. The molecule has 0 aliphatic rings. The minimum Gasteiger partial charge on any atom is -0.289 e. The molecule has 2 aromatic carbocycles. The highest BCUT2D eigenvalue weighted by molar-refractivity contribution is 7.92. The zero-order valence-electron chi connectivity index (χ0n) is 16.8. The van der Waals surface area contributed by atoms with Gasteiger partial charge in [0.2, 0.25) is 10.0 Å². The number of fused-ring (bicyclic) bond motifs is 1. The molecule has 0 bridgehead atoms. The minimum atomic E-state index is -3.68. The lowest BCUT2D eigenvalue weighted by atomic mass is 10.0.